The van der Waals surface area contributed by atoms with Crippen molar-refractivity contribution < 1.29 is 4.79 Å². The summed E-state index contributed by atoms with van der Waals surface area (Å²) in [5.41, 5.74) is 1.29. The third-order valence-corrected chi connectivity index (χ3v) is 2.08. The molecule has 0 aromatic rings. The molecule has 0 saturated carbocycles. The molecule has 0 aromatic carbocycles. The average Bonchev–Trinajstić information content (AvgIpc) is 2.46. The monoisotopic (exact) mass is 270 g/mol. The van der Waals surface area contributed by atoms with Gasteiger partial charge in [-0.1, -0.05) is 49.6 Å². The zero-order chi connectivity index (χ0) is 15.2. The molecule has 3 nitrogen and oxygen atoms in total. The maximum atomic E-state index is 11.9. The van der Waals surface area contributed by atoms with Crippen LogP contribution < -0.4 is 10.6 Å². The van der Waals surface area contributed by atoms with Gasteiger partial charge < -0.3 is 10.6 Å². The highest BCUT2D eigenvalue weighted by atomic mass is 16.2. The first-order chi connectivity index (χ1) is 9.67. The molecule has 0 aliphatic rings. The predicted octanol–water partition coefficient (Wildman–Crippen LogP) is 4.13. The van der Waals surface area contributed by atoms with E-state index in [1.54, 1.807) is 36.5 Å². The highest BCUT2D eigenvalue weighted by Crippen LogP contribution is 1.96. The van der Waals surface area contributed by atoms with E-state index in [1.165, 1.54) is 0 Å². The summed E-state index contributed by atoms with van der Waals surface area (Å²) in [4.78, 5) is 11.9. The molecular weight excluding hydrogens is 248 g/mol. The molecular formula is C17H22N2O. The van der Waals surface area contributed by atoms with Crippen molar-refractivity contribution in [1.29, 1.82) is 0 Å². The van der Waals surface area contributed by atoms with Crippen molar-refractivity contribution >= 4 is 6.03 Å². The second-order valence-corrected chi connectivity index (χ2v) is 3.67. The molecule has 0 atom stereocenters. The fourth-order valence-electron chi connectivity index (χ4n) is 1.16. The van der Waals surface area contributed by atoms with Crippen LogP contribution in [0.5, 0.6) is 0 Å². The summed E-state index contributed by atoms with van der Waals surface area (Å²) < 4.78 is 0. The van der Waals surface area contributed by atoms with Crippen LogP contribution in [0.4, 0.5) is 4.79 Å². The number of urea groups is 1. The third kappa shape index (κ3) is 8.53. The highest BCUT2D eigenvalue weighted by molar-refractivity contribution is 5.78. The fraction of sp³-hybridized carbons (Fsp3) is 0.118. The van der Waals surface area contributed by atoms with Gasteiger partial charge in [0.15, 0.2) is 0 Å². The van der Waals surface area contributed by atoms with E-state index >= 15 is 0 Å². The lowest BCUT2D eigenvalue weighted by atomic mass is 10.3. The number of carbonyl (C=O) groups excluding carboxylic acids is 1. The molecule has 0 unspecified atom stereocenters. The first kappa shape index (κ1) is 17.4. The Kier molecular flexibility index (Phi) is 10.1. The number of rotatable bonds is 7. The zero-order valence-electron chi connectivity index (χ0n) is 12.1. The summed E-state index contributed by atoms with van der Waals surface area (Å²) in [6.45, 7) is 11.0. The maximum absolute atomic E-state index is 11.9. The molecule has 0 radical (unpaired) electrons. The summed E-state index contributed by atoms with van der Waals surface area (Å²) in [6, 6.07) is -0.329. The second-order valence-electron chi connectivity index (χ2n) is 3.67. The standard InChI is InChI=1S/C17H22N2O/c1-5-9-12-15(8-4)18-17(20)19-16(13-10-6-2)14-11-7-3/h5-14H,2,4H2,1,3H3,(H2,18,19,20)/b9-5-,11-7+,13-10-,15-12+,16-14+. The van der Waals surface area contributed by atoms with Gasteiger partial charge in [0.2, 0.25) is 0 Å². The molecule has 0 aliphatic carbocycles. The van der Waals surface area contributed by atoms with Crippen molar-refractivity contribution in [1.82, 2.24) is 10.6 Å². The Hall–Kier alpha value is -2.55. The van der Waals surface area contributed by atoms with E-state index in [0.717, 1.165) is 0 Å². The fourth-order valence-corrected chi connectivity index (χ4v) is 1.16. The van der Waals surface area contributed by atoms with E-state index in [-0.39, 0.29) is 6.03 Å². The van der Waals surface area contributed by atoms with Crippen molar-refractivity contribution in [2.75, 3.05) is 0 Å². The molecule has 0 saturated heterocycles. The molecule has 0 aliphatic heterocycles. The van der Waals surface area contributed by atoms with Gasteiger partial charge in [-0.15, -0.1) is 0 Å². The van der Waals surface area contributed by atoms with Crippen molar-refractivity contribution in [3.63, 3.8) is 0 Å². The van der Waals surface area contributed by atoms with Crippen LogP contribution in [0.25, 0.3) is 0 Å². The van der Waals surface area contributed by atoms with Crippen LogP contribution in [-0.2, 0) is 0 Å². The summed E-state index contributed by atoms with van der Waals surface area (Å²) in [7, 11) is 0. The van der Waals surface area contributed by atoms with Crippen LogP contribution in [0, 0.1) is 0 Å². The van der Waals surface area contributed by atoms with E-state index in [9.17, 15) is 4.79 Å². The minimum atomic E-state index is -0.329. The molecule has 20 heavy (non-hydrogen) atoms. The smallest absolute Gasteiger partial charge is 0.308 e. The molecule has 0 spiro atoms. The quantitative estimate of drug-likeness (QED) is 0.671. The molecule has 0 bridgehead atoms. The first-order valence-electron chi connectivity index (χ1n) is 6.33. The Balaban J connectivity index is 4.79. The van der Waals surface area contributed by atoms with E-state index in [2.05, 4.69) is 23.8 Å². The van der Waals surface area contributed by atoms with Crippen molar-refractivity contribution in [3.8, 4) is 0 Å². The van der Waals surface area contributed by atoms with Gasteiger partial charge in [-0.2, -0.15) is 0 Å². The minimum absolute atomic E-state index is 0.329. The Morgan fingerprint density at radius 1 is 0.900 bits per heavy atom. The van der Waals surface area contributed by atoms with E-state index in [0.29, 0.717) is 11.4 Å². The number of allylic oxidation sites excluding steroid dienone is 10. The lowest BCUT2D eigenvalue weighted by Gasteiger charge is -2.08. The van der Waals surface area contributed by atoms with Crippen LogP contribution in [0.15, 0.2) is 85.3 Å². The number of nitrogens with one attached hydrogen (secondary N) is 2. The molecule has 0 rings (SSSR count). The van der Waals surface area contributed by atoms with Crippen LogP contribution >= 0.6 is 0 Å². The predicted molar refractivity (Wildman–Crippen MR) is 87.0 cm³/mol. The number of carbonyl (C=O) groups is 1. The minimum Gasteiger partial charge on any atom is -0.308 e. The number of hydrogen-bond donors (Lipinski definition) is 2. The van der Waals surface area contributed by atoms with Crippen LogP contribution in [0.1, 0.15) is 13.8 Å². The van der Waals surface area contributed by atoms with Gasteiger partial charge in [-0.25, -0.2) is 4.79 Å². The normalized spacial score (nSPS) is 13.1. The molecule has 3 heteroatoms. The summed E-state index contributed by atoms with van der Waals surface area (Å²) in [6.07, 6.45) is 17.7. The lowest BCUT2D eigenvalue weighted by molar-refractivity contribution is 0.246. The molecule has 2 N–H and O–H groups in total. The van der Waals surface area contributed by atoms with Gasteiger partial charge in [0.25, 0.3) is 0 Å². The Morgan fingerprint density at radius 3 is 1.95 bits per heavy atom. The lowest BCUT2D eigenvalue weighted by Crippen LogP contribution is -2.33. The van der Waals surface area contributed by atoms with Crippen LogP contribution in [-0.4, -0.2) is 6.03 Å². The third-order valence-electron chi connectivity index (χ3n) is 2.08. The average molecular weight is 270 g/mol. The number of amides is 2. The summed E-state index contributed by atoms with van der Waals surface area (Å²) in [5.74, 6) is 0. The van der Waals surface area contributed by atoms with Gasteiger partial charge in [0.1, 0.15) is 0 Å². The van der Waals surface area contributed by atoms with E-state index in [4.69, 9.17) is 0 Å². The van der Waals surface area contributed by atoms with Crippen molar-refractivity contribution in [2.45, 2.75) is 13.8 Å². The van der Waals surface area contributed by atoms with Crippen LogP contribution in [0.2, 0.25) is 0 Å². The van der Waals surface area contributed by atoms with E-state index < -0.39 is 0 Å². The molecule has 0 heterocycles. The van der Waals surface area contributed by atoms with Crippen LogP contribution in [0.3, 0.4) is 0 Å². The van der Waals surface area contributed by atoms with Gasteiger partial charge in [-0.3, -0.25) is 0 Å². The topological polar surface area (TPSA) is 41.1 Å². The van der Waals surface area contributed by atoms with Crippen molar-refractivity contribution in [3.05, 3.63) is 85.3 Å². The van der Waals surface area contributed by atoms with E-state index in [1.807, 2.05) is 38.2 Å². The Labute approximate surface area is 121 Å². The first-order valence-corrected chi connectivity index (χ1v) is 6.33. The van der Waals surface area contributed by atoms with Gasteiger partial charge in [-0.05, 0) is 38.2 Å². The molecule has 0 aromatic heterocycles. The van der Waals surface area contributed by atoms with Gasteiger partial charge in [0.05, 0.1) is 0 Å². The molecule has 106 valence electrons. The molecule has 2 amide bonds. The zero-order valence-corrected chi connectivity index (χ0v) is 12.1. The van der Waals surface area contributed by atoms with Crippen molar-refractivity contribution in [2.24, 2.45) is 0 Å². The molecule has 0 fully saturated rings. The maximum Gasteiger partial charge on any atom is 0.323 e. The summed E-state index contributed by atoms with van der Waals surface area (Å²) >= 11 is 0. The number of hydrogen-bond acceptors (Lipinski definition) is 1. The second kappa shape index (κ2) is 11.5. The Bertz CT molecular complexity index is 477. The van der Waals surface area contributed by atoms with Gasteiger partial charge >= 0.3 is 6.03 Å². The Morgan fingerprint density at radius 2 is 1.45 bits per heavy atom. The highest BCUT2D eigenvalue weighted by Gasteiger charge is 2.01. The SMILES string of the molecule is C=C\C=C/C(=C\C=C\C)NC(=O)N/C(C=C)=C/C=C\C. The largest absolute Gasteiger partial charge is 0.323 e. The summed E-state index contributed by atoms with van der Waals surface area (Å²) in [5, 5.41) is 5.44. The van der Waals surface area contributed by atoms with Gasteiger partial charge in [0, 0.05) is 11.4 Å².